The molecule has 0 bridgehead atoms. The van der Waals surface area contributed by atoms with E-state index in [9.17, 15) is 10.2 Å². The van der Waals surface area contributed by atoms with Crippen LogP contribution in [0.3, 0.4) is 0 Å². The van der Waals surface area contributed by atoms with Gasteiger partial charge in [-0.05, 0) is 30.5 Å². The molecular weight excluding hydrogens is 404 g/mol. The number of hydrogen-bond acceptors (Lipinski definition) is 5. The maximum atomic E-state index is 11.0. The lowest BCUT2D eigenvalue weighted by Gasteiger charge is -2.37. The Bertz CT molecular complexity index is 878. The average Bonchev–Trinajstić information content (AvgIpc) is 3.16. The molecule has 1 saturated heterocycles. The molecule has 3 aromatic carbocycles. The number of hydrogen-bond donors (Lipinski definition) is 2. The lowest BCUT2D eigenvalue weighted by atomic mass is 9.80. The quantitative estimate of drug-likeness (QED) is 0.527. The van der Waals surface area contributed by atoms with Gasteiger partial charge in [-0.2, -0.15) is 0 Å². The second-order valence-corrected chi connectivity index (χ2v) is 8.48. The Morgan fingerprint density at radius 1 is 0.812 bits per heavy atom. The first kappa shape index (κ1) is 22.6. The number of aliphatic hydroxyl groups is 2. The van der Waals surface area contributed by atoms with Crippen molar-refractivity contribution in [3.63, 3.8) is 0 Å². The molecule has 0 radical (unpaired) electrons. The zero-order valence-electron chi connectivity index (χ0n) is 18.4. The van der Waals surface area contributed by atoms with Crippen LogP contribution in [0.5, 0.6) is 0 Å². The minimum absolute atomic E-state index is 0.0146. The van der Waals surface area contributed by atoms with Gasteiger partial charge in [0.15, 0.2) is 5.79 Å². The number of ether oxygens (including phenoxy) is 3. The van der Waals surface area contributed by atoms with E-state index < -0.39 is 29.7 Å². The molecule has 3 aromatic rings. The molecule has 0 aromatic heterocycles. The summed E-state index contributed by atoms with van der Waals surface area (Å²) in [6.45, 7) is 3.28. The van der Waals surface area contributed by atoms with E-state index in [2.05, 4.69) is 0 Å². The summed E-state index contributed by atoms with van der Waals surface area (Å²) in [5.74, 6) is -0.881. The molecule has 0 saturated carbocycles. The maximum Gasteiger partial charge on any atom is 0.164 e. The highest BCUT2D eigenvalue weighted by molar-refractivity contribution is 5.47. The third kappa shape index (κ3) is 4.49. The highest BCUT2D eigenvalue weighted by Gasteiger charge is 2.46. The van der Waals surface area contributed by atoms with Crippen molar-refractivity contribution in [1.29, 1.82) is 0 Å². The standard InChI is InChI=1S/C27H30O5/c1-26(2)31-24(18-28)25(32-26)23(29)19-30-27(20-12-6-3-7-13-20,21-14-8-4-9-15-21)22-16-10-5-11-17-22/h3-17,23-25,28-29H,18-19H2,1-2H3/t23-,24+,25-/m0/s1. The molecule has 1 aliphatic heterocycles. The molecule has 5 heteroatoms. The van der Waals surface area contributed by atoms with E-state index >= 15 is 0 Å². The summed E-state index contributed by atoms with van der Waals surface area (Å²) in [4.78, 5) is 0. The van der Waals surface area contributed by atoms with Crippen molar-refractivity contribution in [2.24, 2.45) is 0 Å². The van der Waals surface area contributed by atoms with Crippen molar-refractivity contribution >= 4 is 0 Å². The normalized spacial score (nSPS) is 21.4. The third-order valence-electron chi connectivity index (χ3n) is 5.79. The van der Waals surface area contributed by atoms with Crippen LogP contribution in [0.15, 0.2) is 91.0 Å². The predicted molar refractivity (Wildman–Crippen MR) is 122 cm³/mol. The summed E-state index contributed by atoms with van der Waals surface area (Å²) in [5, 5.41) is 20.8. The van der Waals surface area contributed by atoms with Gasteiger partial charge in [-0.25, -0.2) is 0 Å². The van der Waals surface area contributed by atoms with Gasteiger partial charge >= 0.3 is 0 Å². The van der Waals surface area contributed by atoms with E-state index in [1.165, 1.54) is 0 Å². The third-order valence-corrected chi connectivity index (χ3v) is 5.79. The highest BCUT2D eigenvalue weighted by atomic mass is 16.8. The fourth-order valence-electron chi connectivity index (χ4n) is 4.40. The van der Waals surface area contributed by atoms with Crippen LogP contribution in [0.4, 0.5) is 0 Å². The first-order valence-corrected chi connectivity index (χ1v) is 10.9. The van der Waals surface area contributed by atoms with E-state index in [0.717, 1.165) is 16.7 Å². The molecule has 5 nitrogen and oxygen atoms in total. The smallest absolute Gasteiger partial charge is 0.164 e. The zero-order chi connectivity index (χ0) is 22.6. The monoisotopic (exact) mass is 434 g/mol. The Kier molecular flexibility index (Phi) is 6.74. The fraction of sp³-hybridized carbons (Fsp3) is 0.333. The van der Waals surface area contributed by atoms with E-state index in [0.29, 0.717) is 0 Å². The zero-order valence-corrected chi connectivity index (χ0v) is 18.4. The van der Waals surface area contributed by atoms with Crippen LogP contribution in [0, 0.1) is 0 Å². The molecule has 4 rings (SSSR count). The second-order valence-electron chi connectivity index (χ2n) is 8.48. The number of aliphatic hydroxyl groups excluding tert-OH is 2. The Morgan fingerprint density at radius 2 is 1.25 bits per heavy atom. The summed E-state index contributed by atoms with van der Waals surface area (Å²) in [6, 6.07) is 30.0. The van der Waals surface area contributed by atoms with Gasteiger partial charge in [0.1, 0.15) is 23.9 Å². The maximum absolute atomic E-state index is 11.0. The fourth-order valence-corrected chi connectivity index (χ4v) is 4.40. The predicted octanol–water partition coefficient (Wildman–Crippen LogP) is 3.87. The molecule has 0 aliphatic carbocycles. The van der Waals surface area contributed by atoms with Gasteiger partial charge in [-0.15, -0.1) is 0 Å². The van der Waals surface area contributed by atoms with Crippen molar-refractivity contribution in [3.05, 3.63) is 108 Å². The van der Waals surface area contributed by atoms with E-state index in [-0.39, 0.29) is 13.2 Å². The molecule has 0 unspecified atom stereocenters. The first-order chi connectivity index (χ1) is 15.5. The van der Waals surface area contributed by atoms with Gasteiger partial charge < -0.3 is 24.4 Å². The molecule has 1 fully saturated rings. The minimum Gasteiger partial charge on any atom is -0.394 e. The van der Waals surface area contributed by atoms with Crippen LogP contribution in [-0.4, -0.2) is 47.5 Å². The highest BCUT2D eigenvalue weighted by Crippen LogP contribution is 2.41. The first-order valence-electron chi connectivity index (χ1n) is 10.9. The van der Waals surface area contributed by atoms with Crippen molar-refractivity contribution in [2.75, 3.05) is 13.2 Å². The SMILES string of the molecule is CC1(C)O[C@@H]([C@@H](O)COC(c2ccccc2)(c2ccccc2)c2ccccc2)[C@@H](CO)O1. The lowest BCUT2D eigenvalue weighted by Crippen LogP contribution is -2.43. The lowest BCUT2D eigenvalue weighted by molar-refractivity contribution is -0.162. The molecule has 32 heavy (non-hydrogen) atoms. The average molecular weight is 435 g/mol. The molecule has 2 N–H and O–H groups in total. The van der Waals surface area contributed by atoms with Gasteiger partial charge in [-0.3, -0.25) is 0 Å². The van der Waals surface area contributed by atoms with E-state index in [1.807, 2.05) is 91.0 Å². The van der Waals surface area contributed by atoms with Crippen molar-refractivity contribution in [1.82, 2.24) is 0 Å². The molecule has 1 aliphatic rings. The van der Waals surface area contributed by atoms with Crippen LogP contribution in [0.1, 0.15) is 30.5 Å². The summed E-state index contributed by atoms with van der Waals surface area (Å²) in [7, 11) is 0. The van der Waals surface area contributed by atoms with Gasteiger partial charge in [0.05, 0.1) is 13.2 Å². The molecule has 0 spiro atoms. The van der Waals surface area contributed by atoms with Gasteiger partial charge in [0.2, 0.25) is 0 Å². The van der Waals surface area contributed by atoms with Gasteiger partial charge in [0.25, 0.3) is 0 Å². The Balaban J connectivity index is 1.73. The molecule has 0 amide bonds. The van der Waals surface area contributed by atoms with Crippen LogP contribution < -0.4 is 0 Å². The van der Waals surface area contributed by atoms with Crippen molar-refractivity contribution in [3.8, 4) is 0 Å². The van der Waals surface area contributed by atoms with E-state index in [4.69, 9.17) is 14.2 Å². The van der Waals surface area contributed by atoms with Crippen LogP contribution in [0.25, 0.3) is 0 Å². The summed E-state index contributed by atoms with van der Waals surface area (Å²) < 4.78 is 18.3. The van der Waals surface area contributed by atoms with Crippen LogP contribution in [-0.2, 0) is 19.8 Å². The van der Waals surface area contributed by atoms with Crippen molar-refractivity contribution < 1.29 is 24.4 Å². The molecule has 168 valence electrons. The number of rotatable bonds is 8. The molecule has 1 heterocycles. The van der Waals surface area contributed by atoms with Crippen LogP contribution >= 0.6 is 0 Å². The summed E-state index contributed by atoms with van der Waals surface area (Å²) in [6.07, 6.45) is -2.32. The van der Waals surface area contributed by atoms with Gasteiger partial charge in [-0.1, -0.05) is 91.0 Å². The Labute approximate surface area is 189 Å². The topological polar surface area (TPSA) is 68.2 Å². The summed E-state index contributed by atoms with van der Waals surface area (Å²) in [5.41, 5.74) is 1.92. The minimum atomic E-state index is -0.996. The van der Waals surface area contributed by atoms with E-state index in [1.54, 1.807) is 13.8 Å². The number of benzene rings is 3. The summed E-state index contributed by atoms with van der Waals surface area (Å²) >= 11 is 0. The largest absolute Gasteiger partial charge is 0.394 e. The van der Waals surface area contributed by atoms with Crippen LogP contribution in [0.2, 0.25) is 0 Å². The molecule has 3 atom stereocenters. The van der Waals surface area contributed by atoms with Gasteiger partial charge in [0, 0.05) is 0 Å². The second kappa shape index (κ2) is 9.53. The Morgan fingerprint density at radius 3 is 1.66 bits per heavy atom. The van der Waals surface area contributed by atoms with Crippen molar-refractivity contribution in [2.45, 2.75) is 43.5 Å². The molecular formula is C27H30O5. The Hall–Kier alpha value is -2.54.